The summed E-state index contributed by atoms with van der Waals surface area (Å²) >= 11 is 0. The highest BCUT2D eigenvalue weighted by molar-refractivity contribution is 5.37. The Balaban J connectivity index is 2.01. The van der Waals surface area contributed by atoms with Gasteiger partial charge >= 0.3 is 5.69 Å². The summed E-state index contributed by atoms with van der Waals surface area (Å²) in [6, 6.07) is 0. The van der Waals surface area contributed by atoms with E-state index in [0.717, 1.165) is 23.4 Å². The molecular weight excluding hydrogens is 292 g/mol. The molecule has 23 heavy (non-hydrogen) atoms. The van der Waals surface area contributed by atoms with E-state index in [1.165, 1.54) is 39.4 Å². The number of nitrogens with one attached hydrogen (secondary N) is 2. The normalized spacial score (nSPS) is 17.5. The van der Waals surface area contributed by atoms with E-state index < -0.39 is 5.69 Å². The quantitative estimate of drug-likeness (QED) is 0.749. The zero-order chi connectivity index (χ0) is 16.8. The maximum atomic E-state index is 12.1. The Morgan fingerprint density at radius 1 is 1.30 bits per heavy atom. The zero-order valence-corrected chi connectivity index (χ0v) is 14.0. The molecule has 1 aliphatic rings. The van der Waals surface area contributed by atoms with Crippen molar-refractivity contribution in [1.29, 1.82) is 0 Å². The van der Waals surface area contributed by atoms with E-state index in [9.17, 15) is 9.59 Å². The molecule has 1 fully saturated rings. The van der Waals surface area contributed by atoms with Crippen LogP contribution in [0.2, 0.25) is 0 Å². The zero-order valence-electron chi connectivity index (χ0n) is 14.0. The second-order valence-electron chi connectivity index (χ2n) is 6.03. The average molecular weight is 318 g/mol. The lowest BCUT2D eigenvalue weighted by Gasteiger charge is -2.26. The lowest BCUT2D eigenvalue weighted by atomic mass is 10.1. The van der Waals surface area contributed by atoms with Crippen molar-refractivity contribution < 1.29 is 0 Å². The number of H-pyrrole nitrogens is 1. The fourth-order valence-corrected chi connectivity index (χ4v) is 2.72. The molecular formula is C17H26N4O2. The molecule has 1 aromatic heterocycles. The van der Waals surface area contributed by atoms with E-state index in [4.69, 9.17) is 0 Å². The summed E-state index contributed by atoms with van der Waals surface area (Å²) in [5, 5.41) is 4.10. The highest BCUT2D eigenvalue weighted by atomic mass is 16.2. The first-order valence-electron chi connectivity index (χ1n) is 8.12. The van der Waals surface area contributed by atoms with Crippen LogP contribution in [-0.4, -0.2) is 40.6 Å². The van der Waals surface area contributed by atoms with Crippen LogP contribution in [0.4, 0.5) is 0 Å². The minimum atomic E-state index is -0.447. The highest BCUT2D eigenvalue weighted by Gasteiger charge is 2.08. The number of nitrogens with zero attached hydrogens (tertiary/aromatic N) is 2. The van der Waals surface area contributed by atoms with Crippen molar-refractivity contribution in [2.75, 3.05) is 26.2 Å². The maximum absolute atomic E-state index is 12.1. The first-order valence-corrected chi connectivity index (χ1v) is 8.12. The number of hydrogen-bond acceptors (Lipinski definition) is 4. The van der Waals surface area contributed by atoms with Gasteiger partial charge < -0.3 is 15.2 Å². The van der Waals surface area contributed by atoms with Gasteiger partial charge in [-0.15, -0.1) is 0 Å². The van der Waals surface area contributed by atoms with E-state index in [-0.39, 0.29) is 5.56 Å². The molecule has 126 valence electrons. The van der Waals surface area contributed by atoms with Crippen LogP contribution in [0.1, 0.15) is 26.2 Å². The molecule has 1 aliphatic heterocycles. The fourth-order valence-electron chi connectivity index (χ4n) is 2.72. The summed E-state index contributed by atoms with van der Waals surface area (Å²) < 4.78 is 1.05. The van der Waals surface area contributed by atoms with E-state index in [2.05, 4.69) is 21.8 Å². The van der Waals surface area contributed by atoms with Crippen molar-refractivity contribution in [3.8, 4) is 0 Å². The molecule has 0 radical (unpaired) electrons. The predicted octanol–water partition coefficient (Wildman–Crippen LogP) is -0.756. The number of rotatable bonds is 5. The molecule has 0 aliphatic carbocycles. The minimum Gasteiger partial charge on any atom is -0.387 e. The van der Waals surface area contributed by atoms with E-state index in [0.29, 0.717) is 10.6 Å². The summed E-state index contributed by atoms with van der Waals surface area (Å²) in [6.45, 7) is 9.99. The molecule has 0 aromatic carbocycles. The first kappa shape index (κ1) is 17.3. The second kappa shape index (κ2) is 7.97. The molecule has 1 saturated heterocycles. The molecule has 2 heterocycles. The van der Waals surface area contributed by atoms with Gasteiger partial charge in [0.25, 0.3) is 5.56 Å². The molecule has 0 spiro atoms. The van der Waals surface area contributed by atoms with Crippen LogP contribution >= 0.6 is 0 Å². The Morgan fingerprint density at radius 3 is 2.70 bits per heavy atom. The summed E-state index contributed by atoms with van der Waals surface area (Å²) in [5.41, 5.74) is 0.197. The third-order valence-electron chi connectivity index (χ3n) is 4.20. The molecule has 0 atom stereocenters. The van der Waals surface area contributed by atoms with Crippen molar-refractivity contribution in [3.05, 3.63) is 43.2 Å². The van der Waals surface area contributed by atoms with Crippen LogP contribution in [0.25, 0.3) is 12.7 Å². The van der Waals surface area contributed by atoms with Crippen molar-refractivity contribution in [2.24, 2.45) is 7.05 Å². The standard InChI is InChI=1S/C17H26N4O2/c1-13(18-9-12-21-10-5-4-6-11-21)7-8-15-14(2)19-17(23)20(3)16(15)22/h7-8,18H,2,4-6,9-12H2,1,3H3,(H,19,23)/b13-7+,15-8+. The fraction of sp³-hybridized carbons (Fsp3) is 0.529. The summed E-state index contributed by atoms with van der Waals surface area (Å²) in [7, 11) is 1.45. The molecule has 0 bridgehead atoms. The predicted molar refractivity (Wildman–Crippen MR) is 93.6 cm³/mol. The third kappa shape index (κ3) is 4.69. The average Bonchev–Trinajstić information content (AvgIpc) is 2.53. The Labute approximate surface area is 135 Å². The van der Waals surface area contributed by atoms with Gasteiger partial charge in [-0.25, -0.2) is 4.79 Å². The lowest BCUT2D eigenvalue weighted by Crippen LogP contribution is -2.52. The summed E-state index contributed by atoms with van der Waals surface area (Å²) in [5.74, 6) is 0. The summed E-state index contributed by atoms with van der Waals surface area (Å²) in [6.07, 6.45) is 7.48. The number of piperidine rings is 1. The Hall–Kier alpha value is -2.08. The van der Waals surface area contributed by atoms with Gasteiger partial charge in [-0.2, -0.15) is 0 Å². The monoisotopic (exact) mass is 318 g/mol. The molecule has 2 rings (SSSR count). The molecule has 1 aromatic rings. The van der Waals surface area contributed by atoms with Crippen LogP contribution in [0, 0.1) is 0 Å². The highest BCUT2D eigenvalue weighted by Crippen LogP contribution is 2.07. The molecule has 6 heteroatoms. The van der Waals surface area contributed by atoms with Gasteiger partial charge in [-0.3, -0.25) is 9.36 Å². The molecule has 0 amide bonds. The van der Waals surface area contributed by atoms with Crippen molar-refractivity contribution in [2.45, 2.75) is 26.2 Å². The van der Waals surface area contributed by atoms with Gasteiger partial charge in [0, 0.05) is 31.2 Å². The Bertz CT molecular complexity index is 782. The van der Waals surface area contributed by atoms with Crippen molar-refractivity contribution >= 4 is 12.7 Å². The topological polar surface area (TPSA) is 70.1 Å². The van der Waals surface area contributed by atoms with Crippen LogP contribution in [0.3, 0.4) is 0 Å². The SMILES string of the molecule is C=c1[nH]c(=O)n(C)c(=O)/c1=C/C=C(\C)NCCN1CCCCC1. The molecule has 2 N–H and O–H groups in total. The molecule has 0 unspecified atom stereocenters. The van der Waals surface area contributed by atoms with Gasteiger partial charge in [0.05, 0.1) is 5.22 Å². The van der Waals surface area contributed by atoms with E-state index in [1.807, 2.05) is 13.0 Å². The molecule has 0 saturated carbocycles. The van der Waals surface area contributed by atoms with Gasteiger partial charge in [0.15, 0.2) is 0 Å². The van der Waals surface area contributed by atoms with E-state index in [1.54, 1.807) is 6.08 Å². The van der Waals surface area contributed by atoms with Crippen LogP contribution in [0.5, 0.6) is 0 Å². The minimum absolute atomic E-state index is 0.337. The number of aromatic amines is 1. The van der Waals surface area contributed by atoms with Gasteiger partial charge in [-0.05, 0) is 45.0 Å². The smallest absolute Gasteiger partial charge is 0.328 e. The van der Waals surface area contributed by atoms with Gasteiger partial charge in [-0.1, -0.05) is 13.0 Å². The lowest BCUT2D eigenvalue weighted by molar-refractivity contribution is 0.231. The van der Waals surface area contributed by atoms with Crippen LogP contribution < -0.4 is 27.1 Å². The maximum Gasteiger partial charge on any atom is 0.328 e. The van der Waals surface area contributed by atoms with Crippen molar-refractivity contribution in [3.63, 3.8) is 0 Å². The second-order valence-corrected chi connectivity index (χ2v) is 6.03. The number of hydrogen-bond donors (Lipinski definition) is 2. The van der Waals surface area contributed by atoms with Crippen LogP contribution in [0.15, 0.2) is 21.4 Å². The number of likely N-dealkylation sites (tertiary alicyclic amines) is 1. The largest absolute Gasteiger partial charge is 0.387 e. The summed E-state index contributed by atoms with van der Waals surface area (Å²) in [4.78, 5) is 28.6. The first-order chi connectivity index (χ1) is 11.0. The van der Waals surface area contributed by atoms with E-state index >= 15 is 0 Å². The third-order valence-corrected chi connectivity index (χ3v) is 4.20. The van der Waals surface area contributed by atoms with Gasteiger partial charge in [0.1, 0.15) is 0 Å². The number of aromatic nitrogens is 2. The Morgan fingerprint density at radius 2 is 2.00 bits per heavy atom. The molecule has 6 nitrogen and oxygen atoms in total. The van der Waals surface area contributed by atoms with Crippen LogP contribution in [-0.2, 0) is 7.05 Å². The Kier molecular flexibility index (Phi) is 5.98. The van der Waals surface area contributed by atoms with Crippen molar-refractivity contribution in [1.82, 2.24) is 19.8 Å². The number of allylic oxidation sites excluding steroid dienone is 2. The van der Waals surface area contributed by atoms with Gasteiger partial charge in [0.2, 0.25) is 0 Å².